The van der Waals surface area contributed by atoms with Crippen LogP contribution in [0.25, 0.3) is 0 Å². The zero-order valence-corrected chi connectivity index (χ0v) is 17.7. The molecule has 0 fully saturated rings. The number of nitrogens with one attached hydrogen (secondary N) is 4. The Balaban J connectivity index is 2.83. The second-order valence-corrected chi connectivity index (χ2v) is 7.18. The number of carbonyl (C=O) groups is 6. The number of hydrogen-bond acceptors (Lipinski definition) is 8. The summed E-state index contributed by atoms with van der Waals surface area (Å²) >= 11 is 0. The van der Waals surface area contributed by atoms with Gasteiger partial charge in [-0.1, -0.05) is 0 Å². The summed E-state index contributed by atoms with van der Waals surface area (Å²) in [6.07, 6.45) is 1.42. The van der Waals surface area contributed by atoms with Gasteiger partial charge in [0.2, 0.25) is 23.6 Å². The quantitative estimate of drug-likeness (QED) is 0.134. The maximum atomic E-state index is 12.7. The number of aromatic nitrogens is 2. The molecule has 4 amide bonds. The molecule has 0 saturated carbocycles. The molecule has 33 heavy (non-hydrogen) atoms. The number of amides is 4. The molecule has 1 rings (SSSR count). The van der Waals surface area contributed by atoms with Crippen LogP contribution in [-0.4, -0.2) is 79.9 Å². The van der Waals surface area contributed by atoms with Crippen LogP contribution in [0.1, 0.15) is 31.9 Å². The zero-order chi connectivity index (χ0) is 25.1. The lowest BCUT2D eigenvalue weighted by molar-refractivity contribution is -0.142. The molecule has 182 valence electrons. The van der Waals surface area contributed by atoms with Crippen molar-refractivity contribution in [3.05, 3.63) is 18.2 Å². The van der Waals surface area contributed by atoms with Gasteiger partial charge < -0.3 is 42.6 Å². The third kappa shape index (κ3) is 9.77. The summed E-state index contributed by atoms with van der Waals surface area (Å²) in [6, 6.07) is -5.33. The third-order valence-electron chi connectivity index (χ3n) is 4.39. The van der Waals surface area contributed by atoms with Crippen LogP contribution in [0.4, 0.5) is 0 Å². The van der Waals surface area contributed by atoms with Gasteiger partial charge in [-0.25, -0.2) is 9.78 Å². The first-order chi connectivity index (χ1) is 15.4. The SMILES string of the molecule is CC(NC(=O)C(N)CC(=O)O)C(=O)NC(CCC(N)=O)C(=O)NC(Cc1cnc[nH]1)C(=O)O. The van der Waals surface area contributed by atoms with E-state index in [9.17, 15) is 33.9 Å². The maximum Gasteiger partial charge on any atom is 0.326 e. The highest BCUT2D eigenvalue weighted by atomic mass is 16.4. The maximum absolute atomic E-state index is 12.7. The Morgan fingerprint density at radius 2 is 1.67 bits per heavy atom. The summed E-state index contributed by atoms with van der Waals surface area (Å²) in [5.74, 6) is -6.04. The molecule has 0 aromatic carbocycles. The number of carbonyl (C=O) groups excluding carboxylic acids is 4. The van der Waals surface area contributed by atoms with E-state index in [2.05, 4.69) is 25.9 Å². The fourth-order valence-corrected chi connectivity index (χ4v) is 2.61. The highest BCUT2D eigenvalue weighted by Crippen LogP contribution is 2.03. The fraction of sp³-hybridized carbons (Fsp3) is 0.500. The molecule has 0 saturated heterocycles. The number of imidazole rings is 1. The van der Waals surface area contributed by atoms with E-state index >= 15 is 0 Å². The molecule has 0 spiro atoms. The molecule has 15 heteroatoms. The summed E-state index contributed by atoms with van der Waals surface area (Å²) < 4.78 is 0. The second kappa shape index (κ2) is 12.7. The number of primary amides is 1. The van der Waals surface area contributed by atoms with E-state index in [0.717, 1.165) is 0 Å². The van der Waals surface area contributed by atoms with Gasteiger partial charge in [0.1, 0.15) is 18.1 Å². The van der Waals surface area contributed by atoms with E-state index in [4.69, 9.17) is 16.6 Å². The molecule has 0 aliphatic heterocycles. The minimum absolute atomic E-state index is 0.120. The summed E-state index contributed by atoms with van der Waals surface area (Å²) in [5.41, 5.74) is 11.0. The largest absolute Gasteiger partial charge is 0.481 e. The molecule has 0 aliphatic carbocycles. The lowest BCUT2D eigenvalue weighted by atomic mass is 10.1. The van der Waals surface area contributed by atoms with E-state index in [-0.39, 0.29) is 19.3 Å². The van der Waals surface area contributed by atoms with Gasteiger partial charge in [0.15, 0.2) is 0 Å². The normalized spacial score (nSPS) is 14.2. The zero-order valence-electron chi connectivity index (χ0n) is 17.7. The van der Waals surface area contributed by atoms with Crippen molar-refractivity contribution in [3.8, 4) is 0 Å². The predicted octanol–water partition coefficient (Wildman–Crippen LogP) is -3.42. The molecule has 4 atom stereocenters. The first-order valence-corrected chi connectivity index (χ1v) is 9.77. The average molecular weight is 469 g/mol. The van der Waals surface area contributed by atoms with Crippen LogP contribution in [0, 0.1) is 0 Å². The van der Waals surface area contributed by atoms with Gasteiger partial charge in [-0.3, -0.25) is 24.0 Å². The standard InChI is InChI=1S/C18H27N7O8/c1-8(23-16(30)10(19)5-14(27)28)15(29)24-11(2-3-13(20)26)17(31)25-12(18(32)33)4-9-6-21-7-22-9/h6-8,10-12H,2-5,19H2,1H3,(H2,20,26)(H,21,22)(H,23,30)(H,24,29)(H,25,31)(H,27,28)(H,32,33). The van der Waals surface area contributed by atoms with Crippen LogP contribution in [0.2, 0.25) is 0 Å². The molecule has 0 bridgehead atoms. The molecule has 1 aromatic rings. The second-order valence-electron chi connectivity index (χ2n) is 7.18. The summed E-state index contributed by atoms with van der Waals surface area (Å²) in [6.45, 7) is 1.27. The Bertz CT molecular complexity index is 873. The van der Waals surface area contributed by atoms with Crippen molar-refractivity contribution in [1.82, 2.24) is 25.9 Å². The van der Waals surface area contributed by atoms with E-state index in [0.29, 0.717) is 5.69 Å². The number of nitrogens with zero attached hydrogens (tertiary/aromatic N) is 1. The number of nitrogens with two attached hydrogens (primary N) is 2. The minimum atomic E-state index is -1.40. The molecule has 0 radical (unpaired) electrons. The lowest BCUT2D eigenvalue weighted by Crippen LogP contribution is -2.56. The number of carboxylic acid groups (broad SMARTS) is 2. The Labute approximate surface area is 187 Å². The monoisotopic (exact) mass is 469 g/mol. The van der Waals surface area contributed by atoms with Gasteiger partial charge in [-0.05, 0) is 13.3 Å². The smallest absolute Gasteiger partial charge is 0.326 e. The molecule has 4 unspecified atom stereocenters. The van der Waals surface area contributed by atoms with Crippen molar-refractivity contribution in [2.24, 2.45) is 11.5 Å². The molecule has 10 N–H and O–H groups in total. The Hall–Kier alpha value is -4.01. The van der Waals surface area contributed by atoms with Crippen molar-refractivity contribution in [2.75, 3.05) is 0 Å². The van der Waals surface area contributed by atoms with Crippen molar-refractivity contribution in [2.45, 2.75) is 56.8 Å². The Morgan fingerprint density at radius 3 is 2.18 bits per heavy atom. The van der Waals surface area contributed by atoms with Gasteiger partial charge in [0.25, 0.3) is 0 Å². The van der Waals surface area contributed by atoms with Crippen LogP contribution in [0.15, 0.2) is 12.5 Å². The van der Waals surface area contributed by atoms with Gasteiger partial charge in [-0.15, -0.1) is 0 Å². The van der Waals surface area contributed by atoms with E-state index in [1.807, 2.05) is 0 Å². The molecular formula is C18H27N7O8. The van der Waals surface area contributed by atoms with Crippen LogP contribution in [0.5, 0.6) is 0 Å². The summed E-state index contributed by atoms with van der Waals surface area (Å²) in [5, 5.41) is 24.9. The molecular weight excluding hydrogens is 442 g/mol. The minimum Gasteiger partial charge on any atom is -0.481 e. The van der Waals surface area contributed by atoms with Gasteiger partial charge in [0, 0.05) is 24.7 Å². The fourth-order valence-electron chi connectivity index (χ4n) is 2.61. The molecule has 1 heterocycles. The molecule has 1 aromatic heterocycles. The average Bonchev–Trinajstić information content (AvgIpc) is 3.22. The van der Waals surface area contributed by atoms with Gasteiger partial charge in [-0.2, -0.15) is 0 Å². The summed E-state index contributed by atoms with van der Waals surface area (Å²) in [7, 11) is 0. The topological polar surface area (TPSA) is 260 Å². The summed E-state index contributed by atoms with van der Waals surface area (Å²) in [4.78, 5) is 76.8. The third-order valence-corrected chi connectivity index (χ3v) is 4.39. The lowest BCUT2D eigenvalue weighted by Gasteiger charge is -2.23. The van der Waals surface area contributed by atoms with Crippen molar-refractivity contribution in [3.63, 3.8) is 0 Å². The highest BCUT2D eigenvalue weighted by Gasteiger charge is 2.29. The van der Waals surface area contributed by atoms with Crippen LogP contribution in [0.3, 0.4) is 0 Å². The first kappa shape index (κ1) is 27.0. The first-order valence-electron chi connectivity index (χ1n) is 9.77. The number of aromatic amines is 1. The number of aliphatic carboxylic acids is 2. The van der Waals surface area contributed by atoms with Crippen molar-refractivity contribution in [1.29, 1.82) is 0 Å². The predicted molar refractivity (Wildman–Crippen MR) is 110 cm³/mol. The highest BCUT2D eigenvalue weighted by molar-refractivity contribution is 5.94. The van der Waals surface area contributed by atoms with E-state index < -0.39 is 66.2 Å². The van der Waals surface area contributed by atoms with Crippen molar-refractivity contribution >= 4 is 35.6 Å². The van der Waals surface area contributed by atoms with E-state index in [1.165, 1.54) is 19.4 Å². The number of hydrogen-bond donors (Lipinski definition) is 8. The molecule has 15 nitrogen and oxygen atoms in total. The van der Waals surface area contributed by atoms with Crippen LogP contribution >= 0.6 is 0 Å². The van der Waals surface area contributed by atoms with Gasteiger partial charge >= 0.3 is 11.9 Å². The number of rotatable bonds is 14. The Morgan fingerprint density at radius 1 is 1.03 bits per heavy atom. The van der Waals surface area contributed by atoms with Crippen LogP contribution < -0.4 is 27.4 Å². The van der Waals surface area contributed by atoms with Crippen LogP contribution in [-0.2, 0) is 35.2 Å². The van der Waals surface area contributed by atoms with Crippen molar-refractivity contribution < 1.29 is 39.0 Å². The number of H-pyrrole nitrogens is 1. The van der Waals surface area contributed by atoms with Gasteiger partial charge in [0.05, 0.1) is 18.8 Å². The Kier molecular flexibility index (Phi) is 10.4. The number of carboxylic acids is 2. The molecule has 0 aliphatic rings. The van der Waals surface area contributed by atoms with E-state index in [1.54, 1.807) is 0 Å².